The molecule has 6 nitrogen and oxygen atoms in total. The average molecular weight is 316 g/mol. The smallest absolute Gasteiger partial charge is 0.217 e. The lowest BCUT2D eigenvalue weighted by atomic mass is 10.1. The number of carbonyl (C=O) groups is 1. The van der Waals surface area contributed by atoms with Gasteiger partial charge in [0, 0.05) is 13.3 Å². The predicted octanol–water partition coefficient (Wildman–Crippen LogP) is 1.47. The summed E-state index contributed by atoms with van der Waals surface area (Å²) in [6.07, 6.45) is 1.78. The Kier molecular flexibility index (Phi) is 6.29. The molecule has 0 aliphatic carbocycles. The second-order valence-electron chi connectivity index (χ2n) is 5.58. The van der Waals surface area contributed by atoms with Crippen LogP contribution in [0, 0.1) is 0 Å². The highest BCUT2D eigenvalue weighted by Crippen LogP contribution is 2.07. The minimum Gasteiger partial charge on any atom is -0.391 e. The molecule has 0 saturated carbocycles. The largest absolute Gasteiger partial charge is 0.391 e. The second-order valence-corrected chi connectivity index (χ2v) is 5.58. The van der Waals surface area contributed by atoms with Gasteiger partial charge < -0.3 is 10.4 Å². The molecule has 0 unspecified atom stereocenters. The first-order valence-electron chi connectivity index (χ1n) is 7.97. The molecule has 0 aliphatic rings. The van der Waals surface area contributed by atoms with Crippen molar-refractivity contribution in [2.75, 3.05) is 0 Å². The topological polar surface area (TPSA) is 80.0 Å². The van der Waals surface area contributed by atoms with Crippen LogP contribution in [-0.2, 0) is 30.7 Å². The highest BCUT2D eigenvalue weighted by Gasteiger charge is 2.13. The third kappa shape index (κ3) is 5.49. The zero-order valence-corrected chi connectivity index (χ0v) is 13.7. The lowest BCUT2D eigenvalue weighted by Crippen LogP contribution is -2.24. The van der Waals surface area contributed by atoms with Gasteiger partial charge in [0.1, 0.15) is 5.82 Å². The first-order valence-corrected chi connectivity index (χ1v) is 7.97. The summed E-state index contributed by atoms with van der Waals surface area (Å²) in [5, 5.41) is 17.1. The first-order chi connectivity index (χ1) is 11.1. The van der Waals surface area contributed by atoms with Gasteiger partial charge in [0.2, 0.25) is 5.91 Å². The van der Waals surface area contributed by atoms with Gasteiger partial charge in [-0.15, -0.1) is 0 Å². The normalized spacial score (nSPS) is 12.1. The fourth-order valence-electron chi connectivity index (χ4n) is 2.24. The summed E-state index contributed by atoms with van der Waals surface area (Å²) in [6.45, 7) is 4.11. The Hall–Kier alpha value is -2.21. The van der Waals surface area contributed by atoms with Crippen molar-refractivity contribution in [3.05, 3.63) is 47.5 Å². The number of hydrogen-bond donors (Lipinski definition) is 2. The molecule has 1 atom stereocenters. The van der Waals surface area contributed by atoms with Crippen LogP contribution in [0.25, 0.3) is 0 Å². The number of aromatic nitrogens is 3. The minimum absolute atomic E-state index is 0.110. The van der Waals surface area contributed by atoms with Crippen LogP contribution >= 0.6 is 0 Å². The first kappa shape index (κ1) is 17.1. The second kappa shape index (κ2) is 8.43. The number of aliphatic hydroxyl groups excluding tert-OH is 1. The van der Waals surface area contributed by atoms with Gasteiger partial charge in [-0.3, -0.25) is 4.79 Å². The number of rotatable bonds is 8. The number of nitrogens with zero attached hydrogens (tertiary/aromatic N) is 3. The number of hydrogen-bond acceptors (Lipinski definition) is 4. The third-order valence-corrected chi connectivity index (χ3v) is 3.62. The molecule has 0 spiro atoms. The van der Waals surface area contributed by atoms with E-state index in [0.717, 1.165) is 18.7 Å². The Morgan fingerprint density at radius 3 is 2.70 bits per heavy atom. The maximum Gasteiger partial charge on any atom is 0.217 e. The van der Waals surface area contributed by atoms with E-state index in [0.29, 0.717) is 25.3 Å². The van der Waals surface area contributed by atoms with Crippen LogP contribution in [0.5, 0.6) is 0 Å². The van der Waals surface area contributed by atoms with Gasteiger partial charge in [0.25, 0.3) is 0 Å². The molecule has 124 valence electrons. The van der Waals surface area contributed by atoms with Crippen LogP contribution in [0.1, 0.15) is 37.5 Å². The zero-order valence-electron chi connectivity index (χ0n) is 13.7. The van der Waals surface area contributed by atoms with Gasteiger partial charge in [-0.25, -0.2) is 9.67 Å². The van der Waals surface area contributed by atoms with Crippen molar-refractivity contribution >= 4 is 5.91 Å². The molecule has 23 heavy (non-hydrogen) atoms. The Labute approximate surface area is 136 Å². The molecule has 2 rings (SSSR count). The van der Waals surface area contributed by atoms with E-state index >= 15 is 0 Å². The zero-order chi connectivity index (χ0) is 16.7. The Bertz CT molecular complexity index is 625. The van der Waals surface area contributed by atoms with E-state index in [1.165, 1.54) is 12.5 Å². The van der Waals surface area contributed by atoms with E-state index in [-0.39, 0.29) is 5.91 Å². The fraction of sp³-hybridized carbons (Fsp3) is 0.471. The standard InChI is InChI=1S/C17H24N4O2/c1-3-15(23)12-21-17(11-18-13(2)22)19-16(20-21)10-9-14-7-5-4-6-8-14/h4-8,15,23H,3,9-12H2,1-2H3,(H,18,22)/t15-/m1/s1. The van der Waals surface area contributed by atoms with Crippen LogP contribution in [-0.4, -0.2) is 31.9 Å². The molecule has 1 aromatic heterocycles. The lowest BCUT2D eigenvalue weighted by Gasteiger charge is -2.10. The molecule has 0 fully saturated rings. The highest BCUT2D eigenvalue weighted by atomic mass is 16.3. The van der Waals surface area contributed by atoms with Crippen molar-refractivity contribution in [2.24, 2.45) is 0 Å². The molecular formula is C17H24N4O2. The molecule has 0 radical (unpaired) electrons. The number of benzene rings is 1. The number of aryl methyl sites for hydroxylation is 2. The molecular weight excluding hydrogens is 292 g/mol. The monoisotopic (exact) mass is 316 g/mol. The summed E-state index contributed by atoms with van der Waals surface area (Å²) >= 11 is 0. The van der Waals surface area contributed by atoms with Crippen molar-refractivity contribution in [3.8, 4) is 0 Å². The molecule has 0 aliphatic heterocycles. The number of nitrogens with one attached hydrogen (secondary N) is 1. The molecule has 1 amide bonds. The van der Waals surface area contributed by atoms with Crippen molar-refractivity contribution < 1.29 is 9.90 Å². The van der Waals surface area contributed by atoms with Crippen LogP contribution in [0.2, 0.25) is 0 Å². The lowest BCUT2D eigenvalue weighted by molar-refractivity contribution is -0.119. The summed E-state index contributed by atoms with van der Waals surface area (Å²) in [5.41, 5.74) is 1.24. The van der Waals surface area contributed by atoms with E-state index in [1.54, 1.807) is 4.68 Å². The number of carbonyl (C=O) groups excluding carboxylic acids is 1. The van der Waals surface area contributed by atoms with Crippen molar-refractivity contribution in [2.45, 2.75) is 52.3 Å². The molecule has 0 bridgehead atoms. The van der Waals surface area contributed by atoms with Gasteiger partial charge in [-0.1, -0.05) is 37.3 Å². The SMILES string of the molecule is CC[C@@H](O)Cn1nc(CCc2ccccc2)nc1CNC(C)=O. The summed E-state index contributed by atoms with van der Waals surface area (Å²) in [7, 11) is 0. The van der Waals surface area contributed by atoms with Crippen LogP contribution < -0.4 is 5.32 Å². The van der Waals surface area contributed by atoms with Gasteiger partial charge in [0.15, 0.2) is 5.82 Å². The maximum absolute atomic E-state index is 11.1. The average Bonchev–Trinajstić information content (AvgIpc) is 2.93. The van der Waals surface area contributed by atoms with E-state index in [1.807, 2.05) is 25.1 Å². The van der Waals surface area contributed by atoms with Crippen molar-refractivity contribution in [1.29, 1.82) is 0 Å². The molecule has 2 aromatic rings. The Morgan fingerprint density at radius 1 is 1.30 bits per heavy atom. The highest BCUT2D eigenvalue weighted by molar-refractivity contribution is 5.72. The van der Waals surface area contributed by atoms with Gasteiger partial charge in [0.05, 0.1) is 19.2 Å². The van der Waals surface area contributed by atoms with Gasteiger partial charge >= 0.3 is 0 Å². The Morgan fingerprint density at radius 2 is 2.04 bits per heavy atom. The van der Waals surface area contributed by atoms with Gasteiger partial charge in [-0.05, 0) is 18.4 Å². The summed E-state index contributed by atoms with van der Waals surface area (Å²) in [6, 6.07) is 10.2. The van der Waals surface area contributed by atoms with Crippen LogP contribution in [0.15, 0.2) is 30.3 Å². The molecule has 1 heterocycles. The van der Waals surface area contributed by atoms with Crippen LogP contribution in [0.3, 0.4) is 0 Å². The Balaban J connectivity index is 2.06. The van der Waals surface area contributed by atoms with Crippen LogP contribution in [0.4, 0.5) is 0 Å². The van der Waals surface area contributed by atoms with E-state index in [4.69, 9.17) is 0 Å². The maximum atomic E-state index is 11.1. The summed E-state index contributed by atoms with van der Waals surface area (Å²) in [5.74, 6) is 1.30. The van der Waals surface area contributed by atoms with Gasteiger partial charge in [-0.2, -0.15) is 5.10 Å². The third-order valence-electron chi connectivity index (χ3n) is 3.62. The van der Waals surface area contributed by atoms with Crippen molar-refractivity contribution in [3.63, 3.8) is 0 Å². The number of aliphatic hydroxyl groups is 1. The fourth-order valence-corrected chi connectivity index (χ4v) is 2.24. The van der Waals surface area contributed by atoms with E-state index in [2.05, 4.69) is 27.5 Å². The molecule has 0 saturated heterocycles. The molecule has 6 heteroatoms. The summed E-state index contributed by atoms with van der Waals surface area (Å²) < 4.78 is 1.70. The minimum atomic E-state index is -0.463. The quantitative estimate of drug-likeness (QED) is 0.773. The molecule has 1 aromatic carbocycles. The summed E-state index contributed by atoms with van der Waals surface area (Å²) in [4.78, 5) is 15.6. The van der Waals surface area contributed by atoms with Crippen molar-refractivity contribution in [1.82, 2.24) is 20.1 Å². The number of amides is 1. The predicted molar refractivity (Wildman–Crippen MR) is 87.7 cm³/mol. The van der Waals surface area contributed by atoms with E-state index < -0.39 is 6.10 Å². The van der Waals surface area contributed by atoms with E-state index in [9.17, 15) is 9.90 Å². The molecule has 2 N–H and O–H groups in total.